The van der Waals surface area contributed by atoms with Gasteiger partial charge in [0.2, 0.25) is 0 Å². The molecule has 9 heteroatoms. The van der Waals surface area contributed by atoms with E-state index in [2.05, 4.69) is 6.92 Å². The molecule has 0 atom stereocenters. The third-order valence-electron chi connectivity index (χ3n) is 10.1. The van der Waals surface area contributed by atoms with Gasteiger partial charge in [-0.3, -0.25) is 0 Å². The second-order valence-electron chi connectivity index (χ2n) is 13.1. The molecule has 3 aliphatic rings. The van der Waals surface area contributed by atoms with Crippen LogP contribution in [0.2, 0.25) is 0 Å². The van der Waals surface area contributed by atoms with Gasteiger partial charge in [0.15, 0.2) is 6.29 Å². The van der Waals surface area contributed by atoms with Crippen LogP contribution in [0.15, 0.2) is 42.5 Å². The average molecular weight is 627 g/mol. The maximum atomic E-state index is 15.3. The van der Waals surface area contributed by atoms with E-state index in [9.17, 15) is 22.0 Å². The van der Waals surface area contributed by atoms with Gasteiger partial charge in [-0.2, -0.15) is 22.0 Å². The van der Waals surface area contributed by atoms with E-state index < -0.39 is 35.9 Å². The van der Waals surface area contributed by atoms with Crippen LogP contribution in [0.1, 0.15) is 113 Å². The molecule has 0 unspecified atom stereocenters. The molecule has 44 heavy (non-hydrogen) atoms. The summed E-state index contributed by atoms with van der Waals surface area (Å²) in [6.45, 7) is 3.45. The molecule has 1 saturated heterocycles. The van der Waals surface area contributed by atoms with Crippen molar-refractivity contribution in [3.8, 4) is 5.75 Å². The number of hydrogen-bond acceptors (Lipinski definition) is 3. The summed E-state index contributed by atoms with van der Waals surface area (Å²) in [4.78, 5) is 0. The van der Waals surface area contributed by atoms with Crippen LogP contribution in [0.25, 0.3) is 0 Å². The molecule has 3 nitrogen and oxygen atoms in total. The summed E-state index contributed by atoms with van der Waals surface area (Å²) in [5, 5.41) is 0. The molecule has 2 aromatic carbocycles. The lowest BCUT2D eigenvalue weighted by atomic mass is 9.74. The van der Waals surface area contributed by atoms with E-state index in [0.29, 0.717) is 49.0 Å². The van der Waals surface area contributed by atoms with Crippen molar-refractivity contribution in [2.24, 2.45) is 23.7 Å². The molecule has 5 rings (SSSR count). The smallest absolute Gasteiger partial charge is 0.416 e. The Bertz CT molecular complexity index is 1180. The molecule has 3 fully saturated rings. The van der Waals surface area contributed by atoms with E-state index in [4.69, 9.17) is 14.2 Å². The largest absolute Gasteiger partial charge is 0.432 e. The Labute approximate surface area is 256 Å². The van der Waals surface area contributed by atoms with Gasteiger partial charge in [0, 0.05) is 11.5 Å². The number of alkyl halides is 5. The Kier molecular flexibility index (Phi) is 10.9. The van der Waals surface area contributed by atoms with Crippen LogP contribution < -0.4 is 4.74 Å². The summed E-state index contributed by atoms with van der Waals surface area (Å²) in [5.74, 6) is -0.216. The van der Waals surface area contributed by atoms with Gasteiger partial charge >= 0.3 is 12.3 Å². The number of rotatable bonds is 10. The van der Waals surface area contributed by atoms with Crippen molar-refractivity contribution in [1.82, 2.24) is 0 Å². The zero-order valence-electron chi connectivity index (χ0n) is 25.4. The van der Waals surface area contributed by atoms with E-state index in [1.807, 2.05) is 0 Å². The fourth-order valence-corrected chi connectivity index (χ4v) is 7.33. The SMILES string of the molecule is CCCCCC1CCC(C2COC(c3ccc(C4CCC(C(F)(F)Oc5ccc(C(F)(F)F)cc5)CC4)c(F)c3)OC2)CC1. The number of benzene rings is 2. The first kappa shape index (κ1) is 33.1. The average Bonchev–Trinajstić information content (AvgIpc) is 3.01. The van der Waals surface area contributed by atoms with E-state index in [0.717, 1.165) is 30.2 Å². The molecule has 0 aromatic heterocycles. The van der Waals surface area contributed by atoms with Crippen LogP contribution in [0.3, 0.4) is 0 Å². The predicted molar refractivity (Wildman–Crippen MR) is 156 cm³/mol. The van der Waals surface area contributed by atoms with Crippen LogP contribution >= 0.6 is 0 Å². The Morgan fingerprint density at radius 3 is 2.02 bits per heavy atom. The summed E-state index contributed by atoms with van der Waals surface area (Å²) in [7, 11) is 0. The lowest BCUT2D eigenvalue weighted by Crippen LogP contribution is -2.37. The van der Waals surface area contributed by atoms with Crippen LogP contribution in [0.5, 0.6) is 5.75 Å². The van der Waals surface area contributed by atoms with Gasteiger partial charge < -0.3 is 14.2 Å². The van der Waals surface area contributed by atoms with Crippen molar-refractivity contribution in [2.75, 3.05) is 13.2 Å². The lowest BCUT2D eigenvalue weighted by Gasteiger charge is -2.38. The quantitative estimate of drug-likeness (QED) is 0.194. The zero-order chi connectivity index (χ0) is 31.3. The Balaban J connectivity index is 1.08. The minimum atomic E-state index is -4.56. The number of halogens is 6. The first-order valence-corrected chi connectivity index (χ1v) is 16.3. The highest BCUT2D eigenvalue weighted by Crippen LogP contribution is 2.45. The molecule has 2 saturated carbocycles. The standard InChI is InChI=1S/C35H44F6O3/c1-2-3-4-5-23-6-8-24(9-7-23)27-21-42-33(43-22-27)26-12-19-31(32(36)20-26)25-10-13-29(14-11-25)35(40,41)44-30-17-15-28(16-18-30)34(37,38)39/h12,15-20,23-25,27,29,33H,2-11,13-14,21-22H2,1H3. The maximum absolute atomic E-state index is 15.3. The zero-order valence-corrected chi connectivity index (χ0v) is 25.4. The normalized spacial score (nSPS) is 28.5. The van der Waals surface area contributed by atoms with Crippen LogP contribution in [0.4, 0.5) is 26.3 Å². The topological polar surface area (TPSA) is 27.7 Å². The van der Waals surface area contributed by atoms with Gasteiger partial charge in [-0.05, 0) is 92.2 Å². The summed E-state index contributed by atoms with van der Waals surface area (Å²) < 4.78 is 100. The van der Waals surface area contributed by atoms with Gasteiger partial charge in [-0.1, -0.05) is 57.6 Å². The molecule has 1 aliphatic heterocycles. The molecule has 244 valence electrons. The predicted octanol–water partition coefficient (Wildman–Crippen LogP) is 10.8. The Morgan fingerprint density at radius 2 is 1.43 bits per heavy atom. The van der Waals surface area contributed by atoms with Crippen molar-refractivity contribution < 1.29 is 40.6 Å². The van der Waals surface area contributed by atoms with E-state index >= 15 is 4.39 Å². The highest BCUT2D eigenvalue weighted by atomic mass is 19.4. The van der Waals surface area contributed by atoms with Crippen molar-refractivity contribution in [3.63, 3.8) is 0 Å². The lowest BCUT2D eigenvalue weighted by molar-refractivity contribution is -0.222. The Morgan fingerprint density at radius 1 is 0.773 bits per heavy atom. The van der Waals surface area contributed by atoms with Gasteiger partial charge in [-0.15, -0.1) is 0 Å². The monoisotopic (exact) mass is 626 g/mol. The van der Waals surface area contributed by atoms with Crippen molar-refractivity contribution in [3.05, 3.63) is 65.0 Å². The number of hydrogen-bond donors (Lipinski definition) is 0. The summed E-state index contributed by atoms with van der Waals surface area (Å²) in [6.07, 6.45) is 2.47. The molecule has 0 amide bonds. The molecule has 1 heterocycles. The van der Waals surface area contributed by atoms with Gasteiger partial charge in [0.1, 0.15) is 11.6 Å². The highest BCUT2D eigenvalue weighted by molar-refractivity contribution is 5.30. The Hall–Kier alpha value is -2.26. The van der Waals surface area contributed by atoms with Crippen LogP contribution in [0, 0.1) is 29.5 Å². The molecule has 0 radical (unpaired) electrons. The van der Waals surface area contributed by atoms with Crippen molar-refractivity contribution in [1.29, 1.82) is 0 Å². The van der Waals surface area contributed by atoms with Crippen LogP contribution in [-0.4, -0.2) is 19.3 Å². The minimum Gasteiger partial charge on any atom is -0.432 e. The molecule has 2 aliphatic carbocycles. The van der Waals surface area contributed by atoms with E-state index in [1.165, 1.54) is 57.4 Å². The fourth-order valence-electron chi connectivity index (χ4n) is 7.33. The molecule has 0 bridgehead atoms. The summed E-state index contributed by atoms with van der Waals surface area (Å²) in [5.41, 5.74) is 0.177. The van der Waals surface area contributed by atoms with Gasteiger partial charge in [0.25, 0.3) is 0 Å². The van der Waals surface area contributed by atoms with Gasteiger partial charge in [0.05, 0.1) is 24.7 Å². The third-order valence-corrected chi connectivity index (χ3v) is 10.1. The molecular formula is C35H44F6O3. The highest BCUT2D eigenvalue weighted by Gasteiger charge is 2.44. The second kappa shape index (κ2) is 14.4. The van der Waals surface area contributed by atoms with Crippen molar-refractivity contribution in [2.45, 2.75) is 108 Å². The fraction of sp³-hybridized carbons (Fsp3) is 0.657. The first-order valence-electron chi connectivity index (χ1n) is 16.3. The molecule has 0 spiro atoms. The van der Waals surface area contributed by atoms with Gasteiger partial charge in [-0.25, -0.2) is 4.39 Å². The molecule has 0 N–H and O–H groups in total. The number of unbranched alkanes of at least 4 members (excludes halogenated alkanes) is 2. The third kappa shape index (κ3) is 8.31. The van der Waals surface area contributed by atoms with E-state index in [1.54, 1.807) is 12.1 Å². The van der Waals surface area contributed by atoms with Crippen LogP contribution in [-0.2, 0) is 15.7 Å². The molecule has 2 aromatic rings. The first-order chi connectivity index (χ1) is 21.0. The van der Waals surface area contributed by atoms with E-state index in [-0.39, 0.29) is 24.5 Å². The van der Waals surface area contributed by atoms with Crippen molar-refractivity contribution >= 4 is 0 Å². The maximum Gasteiger partial charge on any atom is 0.416 e. The second-order valence-corrected chi connectivity index (χ2v) is 13.1. The minimum absolute atomic E-state index is 0.108. The summed E-state index contributed by atoms with van der Waals surface area (Å²) in [6, 6.07) is 8.20. The summed E-state index contributed by atoms with van der Waals surface area (Å²) >= 11 is 0. The molecular weight excluding hydrogens is 582 g/mol. The number of ether oxygens (including phenoxy) is 3.